The summed E-state index contributed by atoms with van der Waals surface area (Å²) >= 11 is 0.194. The molecule has 0 aliphatic rings. The molecule has 0 radical (unpaired) electrons. The monoisotopic (exact) mass is 340 g/mol. The third kappa shape index (κ3) is 9.56. The van der Waals surface area contributed by atoms with E-state index in [-0.39, 0.29) is 32.5 Å². The summed E-state index contributed by atoms with van der Waals surface area (Å²) in [6, 6.07) is 5.72. The molecule has 0 unspecified atom stereocenters. The van der Waals surface area contributed by atoms with Gasteiger partial charge in [-0.2, -0.15) is 0 Å². The molecule has 11 heavy (non-hydrogen) atoms. The maximum Gasteiger partial charge on any atom is 0.0267 e. The Balaban J connectivity index is 0.000000187. The molecule has 0 atom stereocenters. The molecule has 55 valence electrons. The Morgan fingerprint density at radius 2 is 1.82 bits per heavy atom. The molecule has 0 aromatic carbocycles. The average molecular weight is 339 g/mol. The van der Waals surface area contributed by atoms with Crippen LogP contribution in [0.1, 0.15) is 6.92 Å². The van der Waals surface area contributed by atoms with Crippen LogP contribution in [-0.2, 0) is 34.0 Å². The molecular formula is C7H8HgNO2. The van der Waals surface area contributed by atoms with Crippen molar-refractivity contribution in [2.75, 3.05) is 0 Å². The summed E-state index contributed by atoms with van der Waals surface area (Å²) in [7, 11) is 0. The molecule has 4 heteroatoms. The van der Waals surface area contributed by atoms with Gasteiger partial charge >= 0.3 is 46.9 Å². The van der Waals surface area contributed by atoms with Gasteiger partial charge in [0.15, 0.2) is 0 Å². The van der Waals surface area contributed by atoms with Gasteiger partial charge in [-0.15, -0.1) is 0 Å². The number of pyridine rings is 1. The Kier molecular flexibility index (Phi) is 7.35. The smallest absolute Gasteiger partial charge is 0.0267 e. The van der Waals surface area contributed by atoms with E-state index in [9.17, 15) is 4.79 Å². The zero-order chi connectivity index (χ0) is 8.53. The number of nitrogens with zero attached hydrogens (tertiary/aromatic N) is 1. The summed E-state index contributed by atoms with van der Waals surface area (Å²) in [6.45, 7) is 1.41. The van der Waals surface area contributed by atoms with Crippen molar-refractivity contribution in [3.8, 4) is 0 Å². The van der Waals surface area contributed by atoms with Crippen molar-refractivity contribution in [2.24, 2.45) is 0 Å². The summed E-state index contributed by atoms with van der Waals surface area (Å²) < 4.78 is 4.31. The molecule has 0 bridgehead atoms. The van der Waals surface area contributed by atoms with Crippen LogP contribution in [0.15, 0.2) is 30.6 Å². The van der Waals surface area contributed by atoms with Gasteiger partial charge in [-0.3, -0.25) is 4.98 Å². The molecule has 1 aromatic heterocycles. The van der Waals surface area contributed by atoms with Gasteiger partial charge in [0.05, 0.1) is 0 Å². The normalized spacial score (nSPS) is 7.55. The predicted octanol–water partition coefficient (Wildman–Crippen LogP) is 1.09. The minimum atomic E-state index is -0.159. The molecule has 0 N–H and O–H groups in total. The zero-order valence-corrected chi connectivity index (χ0v) is 11.9. The van der Waals surface area contributed by atoms with Gasteiger partial charge in [0.1, 0.15) is 0 Å². The molecule has 1 aromatic rings. The Labute approximate surface area is 82.4 Å². The number of hydrogen-bond acceptors (Lipinski definition) is 3. The van der Waals surface area contributed by atoms with Crippen molar-refractivity contribution >= 4 is 5.97 Å². The maximum absolute atomic E-state index is 9.64. The Morgan fingerprint density at radius 1 is 1.36 bits per heavy atom. The van der Waals surface area contributed by atoms with Crippen LogP contribution >= 0.6 is 0 Å². The first-order valence-corrected chi connectivity index (χ1v) is 5.29. The molecule has 1 heterocycles. The van der Waals surface area contributed by atoms with E-state index >= 15 is 0 Å². The van der Waals surface area contributed by atoms with Crippen molar-refractivity contribution in [3.05, 3.63) is 30.6 Å². The number of carbonyl (C=O) groups excluding carboxylic acids is 1. The van der Waals surface area contributed by atoms with Crippen LogP contribution in [0.25, 0.3) is 0 Å². The van der Waals surface area contributed by atoms with Gasteiger partial charge < -0.3 is 0 Å². The maximum atomic E-state index is 9.64. The number of rotatable bonds is 0. The van der Waals surface area contributed by atoms with Gasteiger partial charge in [0, 0.05) is 12.4 Å². The fourth-order valence-corrected chi connectivity index (χ4v) is 0.313. The fraction of sp³-hybridized carbons (Fsp3) is 0.143. The predicted molar refractivity (Wildman–Crippen MR) is 36.0 cm³/mol. The first kappa shape index (κ1) is 10.6. The Morgan fingerprint density at radius 3 is 1.91 bits per heavy atom. The third-order valence-electron chi connectivity index (χ3n) is 0.770. The largest absolute Gasteiger partial charge is 0.265 e. The van der Waals surface area contributed by atoms with E-state index < -0.39 is 0 Å². The van der Waals surface area contributed by atoms with E-state index in [1.165, 1.54) is 6.92 Å². The van der Waals surface area contributed by atoms with Crippen LogP contribution < -0.4 is 0 Å². The minimum Gasteiger partial charge on any atom is -0.265 e. The van der Waals surface area contributed by atoms with Crippen molar-refractivity contribution in [1.29, 1.82) is 0 Å². The van der Waals surface area contributed by atoms with Crippen LogP contribution in [-0.4, -0.2) is 11.0 Å². The van der Waals surface area contributed by atoms with E-state index in [4.69, 9.17) is 0 Å². The van der Waals surface area contributed by atoms with Crippen molar-refractivity contribution < 1.29 is 34.0 Å². The standard InChI is InChI=1S/C5H5N.C2H4O2.Hg/c1-2-4-6-5-3-1;1-2(3)4;/h1-5H;1H3,(H,3,4);/q;;+1/p-1. The van der Waals surface area contributed by atoms with Gasteiger partial charge in [0.2, 0.25) is 0 Å². The molecule has 0 fully saturated rings. The summed E-state index contributed by atoms with van der Waals surface area (Å²) in [4.78, 5) is 13.4. The molecule has 3 nitrogen and oxygen atoms in total. The van der Waals surface area contributed by atoms with E-state index in [0.29, 0.717) is 0 Å². The topological polar surface area (TPSA) is 39.2 Å². The quantitative estimate of drug-likeness (QED) is 0.665. The second-order valence-corrected chi connectivity index (χ2v) is 2.78. The molecule has 0 saturated heterocycles. The minimum absolute atomic E-state index is 0.159. The summed E-state index contributed by atoms with van der Waals surface area (Å²) in [5.74, 6) is -0.159. The number of carbonyl (C=O) groups is 1. The average Bonchev–Trinajstić information content (AvgIpc) is 2.09. The van der Waals surface area contributed by atoms with Gasteiger partial charge in [-0.1, -0.05) is 6.07 Å². The van der Waals surface area contributed by atoms with Crippen LogP contribution in [0.4, 0.5) is 0 Å². The van der Waals surface area contributed by atoms with E-state index in [1.54, 1.807) is 12.4 Å². The molecule has 0 amide bonds. The molecule has 1 rings (SSSR count). The third-order valence-corrected chi connectivity index (χ3v) is 2.35. The first-order valence-electron chi connectivity index (χ1n) is 3.05. The zero-order valence-electron chi connectivity index (χ0n) is 6.36. The van der Waals surface area contributed by atoms with Gasteiger partial charge in [-0.25, -0.2) is 0 Å². The van der Waals surface area contributed by atoms with Crippen LogP contribution in [0.3, 0.4) is 0 Å². The van der Waals surface area contributed by atoms with E-state index in [2.05, 4.69) is 7.63 Å². The van der Waals surface area contributed by atoms with E-state index in [1.807, 2.05) is 18.2 Å². The van der Waals surface area contributed by atoms with Crippen LogP contribution in [0.5, 0.6) is 0 Å². The SMILES string of the molecule is CC(=O)[O][Hg].c1ccncc1. The molecule has 0 saturated carbocycles. The first-order chi connectivity index (χ1) is 5.27. The van der Waals surface area contributed by atoms with Crippen molar-refractivity contribution in [1.82, 2.24) is 4.98 Å². The van der Waals surface area contributed by atoms with E-state index in [0.717, 1.165) is 0 Å². The number of hydrogen-bond donors (Lipinski definition) is 0. The fourth-order valence-electron chi connectivity index (χ4n) is 0.313. The van der Waals surface area contributed by atoms with Crippen molar-refractivity contribution in [2.45, 2.75) is 6.92 Å². The molecule has 0 spiro atoms. The van der Waals surface area contributed by atoms with Crippen LogP contribution in [0, 0.1) is 0 Å². The molecule has 0 aliphatic heterocycles. The van der Waals surface area contributed by atoms with Gasteiger partial charge in [-0.05, 0) is 12.1 Å². The summed E-state index contributed by atoms with van der Waals surface area (Å²) in [6.07, 6.45) is 3.50. The molecular weight excluding hydrogens is 331 g/mol. The second-order valence-electron chi connectivity index (χ2n) is 1.66. The second kappa shape index (κ2) is 7.66. The Hall–Kier alpha value is -0.445. The van der Waals surface area contributed by atoms with Crippen LogP contribution in [0.2, 0.25) is 0 Å². The Bertz CT molecular complexity index is 164. The van der Waals surface area contributed by atoms with Crippen molar-refractivity contribution in [3.63, 3.8) is 0 Å². The molecule has 0 aliphatic carbocycles. The summed E-state index contributed by atoms with van der Waals surface area (Å²) in [5, 5.41) is 0. The summed E-state index contributed by atoms with van der Waals surface area (Å²) in [5.41, 5.74) is 0. The van der Waals surface area contributed by atoms with Gasteiger partial charge in [0.25, 0.3) is 0 Å². The number of aromatic nitrogens is 1.